The number of ether oxygens (including phenoxy) is 1. The van der Waals surface area contributed by atoms with Crippen LogP contribution in [0.3, 0.4) is 0 Å². The highest BCUT2D eigenvalue weighted by Crippen LogP contribution is 2.41. The van der Waals surface area contributed by atoms with Crippen molar-refractivity contribution in [3.05, 3.63) is 112 Å². The van der Waals surface area contributed by atoms with Gasteiger partial charge in [-0.15, -0.1) is 23.1 Å². The molecule has 40 heavy (non-hydrogen) atoms. The molecular weight excluding hydrogens is 540 g/mol. The molecule has 1 unspecified atom stereocenters. The van der Waals surface area contributed by atoms with Crippen molar-refractivity contribution in [3.8, 4) is 0 Å². The zero-order valence-electron chi connectivity index (χ0n) is 22.4. The maximum absolute atomic E-state index is 13.8. The zero-order chi connectivity index (χ0) is 28.1. The fraction of sp³-hybridized carbons (Fsp3) is 0.219. The number of nitrogens with one attached hydrogen (secondary N) is 2. The lowest BCUT2D eigenvalue weighted by molar-refractivity contribution is -0.115. The minimum absolute atomic E-state index is 0.194. The second-order valence-electron chi connectivity index (χ2n) is 9.66. The van der Waals surface area contributed by atoms with Crippen LogP contribution in [0.1, 0.15) is 60.4 Å². The Balaban J connectivity index is 1.40. The molecule has 1 aromatic heterocycles. The molecule has 0 radical (unpaired) electrons. The Morgan fingerprint density at radius 3 is 2.45 bits per heavy atom. The van der Waals surface area contributed by atoms with Crippen molar-refractivity contribution < 1.29 is 19.1 Å². The van der Waals surface area contributed by atoms with Gasteiger partial charge in [0.15, 0.2) is 0 Å². The Labute approximate surface area is 242 Å². The molecule has 0 saturated carbocycles. The van der Waals surface area contributed by atoms with Crippen LogP contribution in [-0.4, -0.2) is 24.9 Å². The maximum atomic E-state index is 13.8. The van der Waals surface area contributed by atoms with E-state index >= 15 is 0 Å². The van der Waals surface area contributed by atoms with Crippen LogP contribution in [0.2, 0.25) is 0 Å². The first-order chi connectivity index (χ1) is 19.4. The third-order valence-electron chi connectivity index (χ3n) is 6.76. The van der Waals surface area contributed by atoms with E-state index in [1.165, 1.54) is 30.2 Å². The minimum atomic E-state index is -0.589. The highest BCUT2D eigenvalue weighted by atomic mass is 32.2. The molecule has 6 nitrogen and oxygen atoms in total. The van der Waals surface area contributed by atoms with Gasteiger partial charge in [-0.1, -0.05) is 54.1 Å². The number of aryl methyl sites for hydroxylation is 2. The normalized spacial score (nSPS) is 13.2. The molecule has 0 bridgehead atoms. The SMILES string of the molecule is COC(=O)c1c(NC(=O)C(Sc2cccc(NC(=O)c3cccc(C)c3)c2)c2ccccc2)sc2c1CCCC2. The van der Waals surface area contributed by atoms with Crippen molar-refractivity contribution in [2.45, 2.75) is 42.8 Å². The standard InChI is InChI=1S/C32H30N2O4S2/c1-20-10-8-13-22(18-20)29(35)33-23-14-9-15-24(19-23)39-28(21-11-4-3-5-12-21)30(36)34-31-27(32(37)38-2)25-16-6-7-17-26(25)40-31/h3-5,8-15,18-19,28H,6-7,16-17H2,1-2H3,(H,33,35)(H,34,36). The molecule has 0 spiro atoms. The summed E-state index contributed by atoms with van der Waals surface area (Å²) in [5.74, 6) is -0.843. The van der Waals surface area contributed by atoms with E-state index in [-0.39, 0.29) is 11.8 Å². The maximum Gasteiger partial charge on any atom is 0.341 e. The van der Waals surface area contributed by atoms with E-state index in [1.807, 2.05) is 79.7 Å². The van der Waals surface area contributed by atoms with Crippen LogP contribution in [-0.2, 0) is 22.4 Å². The molecule has 3 aromatic carbocycles. The first kappa shape index (κ1) is 27.7. The van der Waals surface area contributed by atoms with Gasteiger partial charge in [-0.3, -0.25) is 9.59 Å². The average molecular weight is 571 g/mol. The number of hydrogen-bond acceptors (Lipinski definition) is 6. The Morgan fingerprint density at radius 1 is 0.900 bits per heavy atom. The number of thiophene rings is 1. The van der Waals surface area contributed by atoms with Gasteiger partial charge in [-0.05, 0) is 74.1 Å². The van der Waals surface area contributed by atoms with Crippen molar-refractivity contribution >= 4 is 51.6 Å². The van der Waals surface area contributed by atoms with Crippen LogP contribution in [0, 0.1) is 6.92 Å². The summed E-state index contributed by atoms with van der Waals surface area (Å²) in [6.07, 6.45) is 3.79. The number of rotatable bonds is 8. The van der Waals surface area contributed by atoms with Gasteiger partial charge in [-0.25, -0.2) is 4.79 Å². The molecule has 5 rings (SSSR count). The molecule has 1 atom stereocenters. The fourth-order valence-electron chi connectivity index (χ4n) is 4.82. The second kappa shape index (κ2) is 12.5. The first-order valence-corrected chi connectivity index (χ1v) is 14.9. The number of fused-ring (bicyclic) bond motifs is 1. The van der Waals surface area contributed by atoms with Gasteiger partial charge in [0.25, 0.3) is 5.91 Å². The van der Waals surface area contributed by atoms with Gasteiger partial charge in [0.2, 0.25) is 5.91 Å². The summed E-state index contributed by atoms with van der Waals surface area (Å²) >= 11 is 2.86. The summed E-state index contributed by atoms with van der Waals surface area (Å²) in [6, 6.07) is 24.4. The Bertz CT molecular complexity index is 1550. The number of carbonyl (C=O) groups is 3. The van der Waals surface area contributed by atoms with Crippen molar-refractivity contribution in [1.29, 1.82) is 0 Å². The number of benzene rings is 3. The lowest BCUT2D eigenvalue weighted by Crippen LogP contribution is -2.20. The van der Waals surface area contributed by atoms with Crippen LogP contribution >= 0.6 is 23.1 Å². The van der Waals surface area contributed by atoms with Gasteiger partial charge >= 0.3 is 5.97 Å². The van der Waals surface area contributed by atoms with Gasteiger partial charge in [0.05, 0.1) is 12.7 Å². The predicted molar refractivity (Wildman–Crippen MR) is 162 cm³/mol. The number of thioether (sulfide) groups is 1. The van der Waals surface area contributed by atoms with Crippen LogP contribution in [0.4, 0.5) is 10.7 Å². The lowest BCUT2D eigenvalue weighted by Gasteiger charge is -2.18. The summed E-state index contributed by atoms with van der Waals surface area (Å²) in [5, 5.41) is 5.98. The van der Waals surface area contributed by atoms with Crippen LogP contribution < -0.4 is 10.6 Å². The Morgan fingerprint density at radius 2 is 1.68 bits per heavy atom. The molecule has 2 N–H and O–H groups in total. The van der Waals surface area contributed by atoms with E-state index in [9.17, 15) is 14.4 Å². The molecule has 0 fully saturated rings. The Hall–Kier alpha value is -3.88. The average Bonchev–Trinajstić information content (AvgIpc) is 3.33. The van der Waals surface area contributed by atoms with Crippen molar-refractivity contribution in [2.24, 2.45) is 0 Å². The summed E-state index contributed by atoms with van der Waals surface area (Å²) in [4.78, 5) is 41.3. The molecular formula is C32H30N2O4S2. The summed E-state index contributed by atoms with van der Waals surface area (Å²) in [6.45, 7) is 1.95. The lowest BCUT2D eigenvalue weighted by atomic mass is 9.95. The monoisotopic (exact) mass is 570 g/mol. The highest BCUT2D eigenvalue weighted by Gasteiger charge is 2.29. The molecule has 1 aliphatic carbocycles. The van der Waals surface area contributed by atoms with E-state index in [0.717, 1.165) is 52.1 Å². The van der Waals surface area contributed by atoms with Crippen molar-refractivity contribution in [2.75, 3.05) is 17.7 Å². The van der Waals surface area contributed by atoms with Crippen LogP contribution in [0.5, 0.6) is 0 Å². The van der Waals surface area contributed by atoms with Crippen LogP contribution in [0.15, 0.2) is 83.8 Å². The van der Waals surface area contributed by atoms with E-state index < -0.39 is 11.2 Å². The van der Waals surface area contributed by atoms with Gasteiger partial charge in [0.1, 0.15) is 10.3 Å². The Kier molecular flexibility index (Phi) is 8.67. The molecule has 0 aliphatic heterocycles. The predicted octanol–water partition coefficient (Wildman–Crippen LogP) is 7.45. The number of esters is 1. The van der Waals surface area contributed by atoms with Gasteiger partial charge in [-0.2, -0.15) is 0 Å². The van der Waals surface area contributed by atoms with Gasteiger partial charge < -0.3 is 15.4 Å². The fourth-order valence-corrected chi connectivity index (χ4v) is 7.19. The second-order valence-corrected chi connectivity index (χ2v) is 11.9. The highest BCUT2D eigenvalue weighted by molar-refractivity contribution is 8.00. The molecule has 2 amide bonds. The molecule has 4 aromatic rings. The largest absolute Gasteiger partial charge is 0.465 e. The summed E-state index contributed by atoms with van der Waals surface area (Å²) < 4.78 is 5.08. The minimum Gasteiger partial charge on any atom is -0.465 e. The molecule has 8 heteroatoms. The zero-order valence-corrected chi connectivity index (χ0v) is 24.0. The van der Waals surface area contributed by atoms with E-state index in [1.54, 1.807) is 6.07 Å². The summed E-state index contributed by atoms with van der Waals surface area (Å²) in [5.41, 5.74) is 4.55. The quantitative estimate of drug-likeness (QED) is 0.170. The van der Waals surface area contributed by atoms with Gasteiger partial charge in [0, 0.05) is 21.0 Å². The van der Waals surface area contributed by atoms with E-state index in [2.05, 4.69) is 10.6 Å². The number of amides is 2. The topological polar surface area (TPSA) is 84.5 Å². The number of hydrogen-bond donors (Lipinski definition) is 2. The van der Waals surface area contributed by atoms with Crippen molar-refractivity contribution in [3.63, 3.8) is 0 Å². The smallest absolute Gasteiger partial charge is 0.341 e. The number of anilines is 2. The third kappa shape index (κ3) is 6.29. The molecule has 1 heterocycles. The first-order valence-electron chi connectivity index (χ1n) is 13.2. The number of methoxy groups -OCH3 is 1. The third-order valence-corrected chi connectivity index (χ3v) is 9.22. The van der Waals surface area contributed by atoms with Crippen molar-refractivity contribution in [1.82, 2.24) is 0 Å². The van der Waals surface area contributed by atoms with E-state index in [4.69, 9.17) is 4.74 Å². The number of carbonyl (C=O) groups excluding carboxylic acids is 3. The summed E-state index contributed by atoms with van der Waals surface area (Å²) in [7, 11) is 1.37. The molecule has 204 valence electrons. The molecule has 0 saturated heterocycles. The molecule has 1 aliphatic rings. The van der Waals surface area contributed by atoms with Crippen LogP contribution in [0.25, 0.3) is 0 Å². The van der Waals surface area contributed by atoms with E-state index in [0.29, 0.717) is 21.8 Å².